The zero-order chi connectivity index (χ0) is 28.9. The normalized spacial score (nSPS) is 20.4. The van der Waals surface area contributed by atoms with Gasteiger partial charge in [-0.15, -0.1) is 0 Å². The van der Waals surface area contributed by atoms with E-state index in [0.29, 0.717) is 31.0 Å². The molecule has 1 aromatic heterocycles. The lowest BCUT2D eigenvalue weighted by atomic mass is 9.76. The highest BCUT2D eigenvalue weighted by molar-refractivity contribution is 6.01. The number of benzene rings is 3. The number of nitrogens with one attached hydrogen (secondary N) is 1. The van der Waals surface area contributed by atoms with Crippen LogP contribution in [0.15, 0.2) is 66.7 Å². The molecular weight excluding hydrogens is 521 g/mol. The number of para-hydroxylation sites is 1. The monoisotopic (exact) mass is 555 g/mol. The quantitative estimate of drug-likeness (QED) is 0.333. The standard InChI is InChI=1S/C33H34FN3O4/c1-20(2)41-27-14-11-22(17-28(27)40-4)25-18-37-29(38)19-36(16-15-21-9-12-23(34)13-10-21)32(39)33(37,3)31-30(25)24-7-5-6-8-26(24)35-31/h5-14,17,20,25,35H,15-16,18-19H2,1-4H3/t25-,33-/m0/s1. The lowest BCUT2D eigenvalue weighted by Crippen LogP contribution is -2.67. The van der Waals surface area contributed by atoms with Gasteiger partial charge < -0.3 is 24.3 Å². The zero-order valence-corrected chi connectivity index (χ0v) is 23.7. The number of carbonyl (C=O) groups is 2. The van der Waals surface area contributed by atoms with Crippen molar-refractivity contribution in [1.82, 2.24) is 14.8 Å². The van der Waals surface area contributed by atoms with E-state index in [1.807, 2.05) is 57.2 Å². The summed E-state index contributed by atoms with van der Waals surface area (Å²) < 4.78 is 25.0. The van der Waals surface area contributed by atoms with Gasteiger partial charge in [0.15, 0.2) is 17.0 Å². The van der Waals surface area contributed by atoms with Crippen LogP contribution in [0.4, 0.5) is 4.39 Å². The van der Waals surface area contributed by atoms with Gasteiger partial charge in [0.1, 0.15) is 5.82 Å². The van der Waals surface area contributed by atoms with E-state index in [0.717, 1.165) is 33.3 Å². The molecule has 4 aromatic rings. The first-order valence-electron chi connectivity index (χ1n) is 14.0. The average molecular weight is 556 g/mol. The molecule has 0 bridgehead atoms. The Labute approximate surface area is 238 Å². The maximum absolute atomic E-state index is 14.2. The third-order valence-corrected chi connectivity index (χ3v) is 8.35. The lowest BCUT2D eigenvalue weighted by Gasteiger charge is -2.51. The van der Waals surface area contributed by atoms with Crippen molar-refractivity contribution in [3.63, 3.8) is 0 Å². The molecule has 1 fully saturated rings. The Morgan fingerprint density at radius 1 is 1.05 bits per heavy atom. The minimum Gasteiger partial charge on any atom is -0.493 e. The Balaban J connectivity index is 1.42. The molecule has 2 aliphatic rings. The Morgan fingerprint density at radius 3 is 2.54 bits per heavy atom. The van der Waals surface area contributed by atoms with Gasteiger partial charge in [-0.05, 0) is 74.2 Å². The number of halogens is 1. The van der Waals surface area contributed by atoms with E-state index in [9.17, 15) is 14.0 Å². The number of aromatic amines is 1. The summed E-state index contributed by atoms with van der Waals surface area (Å²) in [6.45, 7) is 6.51. The van der Waals surface area contributed by atoms with E-state index in [4.69, 9.17) is 9.47 Å². The second-order valence-corrected chi connectivity index (χ2v) is 11.3. The van der Waals surface area contributed by atoms with Crippen molar-refractivity contribution in [3.8, 4) is 11.5 Å². The maximum Gasteiger partial charge on any atom is 0.254 e. The van der Waals surface area contributed by atoms with Gasteiger partial charge in [-0.2, -0.15) is 0 Å². The van der Waals surface area contributed by atoms with E-state index in [2.05, 4.69) is 11.1 Å². The van der Waals surface area contributed by atoms with Crippen LogP contribution in [0, 0.1) is 5.82 Å². The minimum absolute atomic E-state index is 0.00237. The van der Waals surface area contributed by atoms with Gasteiger partial charge >= 0.3 is 0 Å². The average Bonchev–Trinajstić information content (AvgIpc) is 3.36. The molecule has 6 rings (SSSR count). The molecule has 2 atom stereocenters. The van der Waals surface area contributed by atoms with E-state index in [1.165, 1.54) is 12.1 Å². The highest BCUT2D eigenvalue weighted by Crippen LogP contribution is 2.49. The summed E-state index contributed by atoms with van der Waals surface area (Å²) >= 11 is 0. The van der Waals surface area contributed by atoms with Crippen molar-refractivity contribution in [2.45, 2.75) is 44.8 Å². The molecule has 212 valence electrons. The first kappa shape index (κ1) is 26.9. The Kier molecular flexibility index (Phi) is 6.72. The molecule has 0 saturated carbocycles. The SMILES string of the molecule is COc1cc([C@@H]2CN3C(=O)CN(CCc4ccc(F)cc4)C(=O)[C@]3(C)c3[nH]c4ccccc4c32)ccc1OC(C)C. The number of hydrogen-bond acceptors (Lipinski definition) is 4. The van der Waals surface area contributed by atoms with Crippen molar-refractivity contribution in [1.29, 1.82) is 0 Å². The van der Waals surface area contributed by atoms with Crippen LogP contribution in [0.3, 0.4) is 0 Å². The number of amides is 2. The van der Waals surface area contributed by atoms with E-state index >= 15 is 0 Å². The summed E-state index contributed by atoms with van der Waals surface area (Å²) in [5, 5.41) is 1.03. The zero-order valence-electron chi connectivity index (χ0n) is 23.7. The largest absolute Gasteiger partial charge is 0.493 e. The number of nitrogens with zero attached hydrogens (tertiary/aromatic N) is 2. The van der Waals surface area contributed by atoms with Gasteiger partial charge in [-0.3, -0.25) is 9.59 Å². The van der Waals surface area contributed by atoms with E-state index in [-0.39, 0.29) is 36.2 Å². The molecule has 1 N–H and O–H groups in total. The van der Waals surface area contributed by atoms with Crippen LogP contribution < -0.4 is 9.47 Å². The fourth-order valence-corrected chi connectivity index (χ4v) is 6.32. The number of hydrogen-bond donors (Lipinski definition) is 1. The van der Waals surface area contributed by atoms with Crippen LogP contribution >= 0.6 is 0 Å². The highest BCUT2D eigenvalue weighted by Gasteiger charge is 2.56. The van der Waals surface area contributed by atoms with Crippen LogP contribution in [-0.4, -0.2) is 59.4 Å². The van der Waals surface area contributed by atoms with Crippen molar-refractivity contribution in [3.05, 3.63) is 94.9 Å². The molecule has 0 aliphatic carbocycles. The predicted molar refractivity (Wildman–Crippen MR) is 155 cm³/mol. The number of ether oxygens (including phenoxy) is 2. The van der Waals surface area contributed by atoms with Crippen LogP contribution in [0.2, 0.25) is 0 Å². The molecule has 0 radical (unpaired) electrons. The molecule has 3 aromatic carbocycles. The molecular formula is C33H34FN3O4. The molecule has 1 saturated heterocycles. The van der Waals surface area contributed by atoms with Crippen LogP contribution in [0.5, 0.6) is 11.5 Å². The third-order valence-electron chi connectivity index (χ3n) is 8.35. The third kappa shape index (κ3) is 4.51. The summed E-state index contributed by atoms with van der Waals surface area (Å²) in [5.74, 6) is 0.574. The fourth-order valence-electron chi connectivity index (χ4n) is 6.32. The summed E-state index contributed by atoms with van der Waals surface area (Å²) in [6, 6.07) is 20.2. The number of fused-ring (bicyclic) bond motifs is 5. The van der Waals surface area contributed by atoms with Gasteiger partial charge in [0.05, 0.1) is 25.5 Å². The number of H-pyrrole nitrogens is 1. The number of aromatic nitrogens is 1. The lowest BCUT2D eigenvalue weighted by molar-refractivity contribution is -0.166. The molecule has 0 unspecified atom stereocenters. The molecule has 0 spiro atoms. The van der Waals surface area contributed by atoms with Crippen molar-refractivity contribution in [2.24, 2.45) is 0 Å². The highest BCUT2D eigenvalue weighted by atomic mass is 19.1. The predicted octanol–water partition coefficient (Wildman–Crippen LogP) is 5.38. The molecule has 7 nitrogen and oxygen atoms in total. The first-order valence-corrected chi connectivity index (χ1v) is 14.0. The van der Waals surface area contributed by atoms with Gasteiger partial charge in [-0.25, -0.2) is 4.39 Å². The second-order valence-electron chi connectivity index (χ2n) is 11.3. The molecule has 3 heterocycles. The molecule has 41 heavy (non-hydrogen) atoms. The van der Waals surface area contributed by atoms with E-state index in [1.54, 1.807) is 29.0 Å². The fraction of sp³-hybridized carbons (Fsp3) is 0.333. The topological polar surface area (TPSA) is 74.9 Å². The number of piperazine rings is 1. The number of methoxy groups -OCH3 is 1. The van der Waals surface area contributed by atoms with Gasteiger partial charge in [0, 0.05) is 29.9 Å². The maximum atomic E-state index is 14.2. The Bertz CT molecular complexity index is 1630. The number of rotatable bonds is 7. The summed E-state index contributed by atoms with van der Waals surface area (Å²) in [6.07, 6.45) is 0.524. The summed E-state index contributed by atoms with van der Waals surface area (Å²) in [4.78, 5) is 34.9. The van der Waals surface area contributed by atoms with Crippen LogP contribution in [0.1, 0.15) is 49.1 Å². The molecule has 2 amide bonds. The van der Waals surface area contributed by atoms with Gasteiger partial charge in [0.2, 0.25) is 5.91 Å². The summed E-state index contributed by atoms with van der Waals surface area (Å²) in [5.41, 5.74) is 3.37. The summed E-state index contributed by atoms with van der Waals surface area (Å²) in [7, 11) is 1.62. The van der Waals surface area contributed by atoms with Gasteiger partial charge in [-0.1, -0.05) is 36.4 Å². The van der Waals surface area contributed by atoms with Gasteiger partial charge in [0.25, 0.3) is 5.91 Å². The minimum atomic E-state index is -1.19. The van der Waals surface area contributed by atoms with Crippen molar-refractivity contribution < 1.29 is 23.5 Å². The molecule has 2 aliphatic heterocycles. The van der Waals surface area contributed by atoms with Crippen LogP contribution in [-0.2, 0) is 21.5 Å². The molecule has 8 heteroatoms. The number of carbonyl (C=O) groups excluding carboxylic acids is 2. The smallest absolute Gasteiger partial charge is 0.254 e. The van der Waals surface area contributed by atoms with Crippen molar-refractivity contribution in [2.75, 3.05) is 26.7 Å². The Hall–Kier alpha value is -4.33. The Morgan fingerprint density at radius 2 is 1.80 bits per heavy atom. The first-order chi connectivity index (χ1) is 19.7. The van der Waals surface area contributed by atoms with Crippen LogP contribution in [0.25, 0.3) is 10.9 Å². The second kappa shape index (κ2) is 10.3. The van der Waals surface area contributed by atoms with E-state index < -0.39 is 5.54 Å². The van der Waals surface area contributed by atoms with Crippen molar-refractivity contribution >= 4 is 22.7 Å².